The van der Waals surface area contributed by atoms with Crippen molar-refractivity contribution >= 4 is 34.4 Å². The minimum atomic E-state index is 0.138. The van der Waals surface area contributed by atoms with E-state index in [0.29, 0.717) is 13.0 Å². The predicted molar refractivity (Wildman–Crippen MR) is 108 cm³/mol. The SMILES string of the molecule is CCCn1c(C2CC(=O)N(c3cccc(SC)c3)C2)nc2ccccc21. The molecule has 4 rings (SSSR count). The monoisotopic (exact) mass is 365 g/mol. The maximum atomic E-state index is 12.7. The van der Waals surface area contributed by atoms with Gasteiger partial charge in [0, 0.05) is 36.0 Å². The topological polar surface area (TPSA) is 38.1 Å². The van der Waals surface area contributed by atoms with Gasteiger partial charge in [-0.15, -0.1) is 11.8 Å². The zero-order valence-electron chi connectivity index (χ0n) is 15.2. The lowest BCUT2D eigenvalue weighted by molar-refractivity contribution is -0.117. The molecule has 5 heteroatoms. The molecular weight excluding hydrogens is 342 g/mol. The number of amides is 1. The van der Waals surface area contributed by atoms with Crippen molar-refractivity contribution in [3.63, 3.8) is 0 Å². The second-order valence-electron chi connectivity index (χ2n) is 6.72. The molecule has 4 nitrogen and oxygen atoms in total. The van der Waals surface area contributed by atoms with Crippen LogP contribution in [-0.4, -0.2) is 28.3 Å². The molecular formula is C21H23N3OS. The number of aromatic nitrogens is 2. The first-order chi connectivity index (χ1) is 12.7. The smallest absolute Gasteiger partial charge is 0.227 e. The van der Waals surface area contributed by atoms with Gasteiger partial charge in [-0.05, 0) is 43.0 Å². The number of anilines is 1. The van der Waals surface area contributed by atoms with Crippen LogP contribution in [0.4, 0.5) is 5.69 Å². The number of aryl methyl sites for hydroxylation is 1. The van der Waals surface area contributed by atoms with Crippen molar-refractivity contribution in [2.45, 2.75) is 37.1 Å². The highest BCUT2D eigenvalue weighted by Crippen LogP contribution is 2.34. The van der Waals surface area contributed by atoms with Gasteiger partial charge in [-0.3, -0.25) is 4.79 Å². The van der Waals surface area contributed by atoms with Gasteiger partial charge in [0.1, 0.15) is 5.82 Å². The van der Waals surface area contributed by atoms with E-state index in [4.69, 9.17) is 4.98 Å². The summed E-state index contributed by atoms with van der Waals surface area (Å²) in [5.41, 5.74) is 3.17. The Morgan fingerprint density at radius 1 is 1.19 bits per heavy atom. The molecule has 1 unspecified atom stereocenters. The van der Waals surface area contributed by atoms with Crippen LogP contribution in [0.15, 0.2) is 53.4 Å². The number of fused-ring (bicyclic) bond motifs is 1. The minimum Gasteiger partial charge on any atom is -0.328 e. The van der Waals surface area contributed by atoms with Crippen molar-refractivity contribution in [2.75, 3.05) is 17.7 Å². The quantitative estimate of drug-likeness (QED) is 0.616. The predicted octanol–water partition coefficient (Wildman–Crippen LogP) is 4.69. The Bertz CT molecular complexity index is 949. The lowest BCUT2D eigenvalue weighted by atomic mass is 10.1. The Kier molecular flexibility index (Phi) is 4.72. The molecule has 1 atom stereocenters. The number of thioether (sulfide) groups is 1. The number of nitrogens with zero attached hydrogens (tertiary/aromatic N) is 3. The molecule has 2 heterocycles. The van der Waals surface area contributed by atoms with Crippen LogP contribution >= 0.6 is 11.8 Å². The van der Waals surface area contributed by atoms with Gasteiger partial charge in [-0.2, -0.15) is 0 Å². The second-order valence-corrected chi connectivity index (χ2v) is 7.60. The number of rotatable bonds is 5. The zero-order chi connectivity index (χ0) is 18.1. The van der Waals surface area contributed by atoms with E-state index in [2.05, 4.69) is 48.1 Å². The molecule has 0 radical (unpaired) electrons. The fourth-order valence-corrected chi connectivity index (χ4v) is 4.23. The molecule has 134 valence electrons. The van der Waals surface area contributed by atoms with E-state index < -0.39 is 0 Å². The molecule has 1 aliphatic rings. The van der Waals surface area contributed by atoms with E-state index in [1.54, 1.807) is 11.8 Å². The molecule has 0 bridgehead atoms. The van der Waals surface area contributed by atoms with Crippen molar-refractivity contribution in [1.82, 2.24) is 9.55 Å². The Morgan fingerprint density at radius 2 is 2.04 bits per heavy atom. The number of hydrogen-bond acceptors (Lipinski definition) is 3. The summed E-state index contributed by atoms with van der Waals surface area (Å²) in [4.78, 5) is 20.7. The van der Waals surface area contributed by atoms with E-state index in [0.717, 1.165) is 30.0 Å². The summed E-state index contributed by atoms with van der Waals surface area (Å²) in [7, 11) is 0. The van der Waals surface area contributed by atoms with Crippen LogP contribution in [-0.2, 0) is 11.3 Å². The lowest BCUT2D eigenvalue weighted by Crippen LogP contribution is -2.24. The number of carbonyl (C=O) groups excluding carboxylic acids is 1. The summed E-state index contributed by atoms with van der Waals surface area (Å²) >= 11 is 1.70. The van der Waals surface area contributed by atoms with Crippen LogP contribution < -0.4 is 4.90 Å². The van der Waals surface area contributed by atoms with E-state index in [9.17, 15) is 4.79 Å². The van der Waals surface area contributed by atoms with Crippen molar-refractivity contribution in [2.24, 2.45) is 0 Å². The van der Waals surface area contributed by atoms with Crippen LogP contribution in [0.3, 0.4) is 0 Å². The number of hydrogen-bond donors (Lipinski definition) is 0. The zero-order valence-corrected chi connectivity index (χ0v) is 16.0. The van der Waals surface area contributed by atoms with Gasteiger partial charge >= 0.3 is 0 Å². The highest BCUT2D eigenvalue weighted by Gasteiger charge is 2.34. The van der Waals surface area contributed by atoms with E-state index in [-0.39, 0.29) is 11.8 Å². The molecule has 0 spiro atoms. The summed E-state index contributed by atoms with van der Waals surface area (Å²) in [5.74, 6) is 1.37. The Morgan fingerprint density at radius 3 is 2.85 bits per heavy atom. The Hall–Kier alpha value is -2.27. The molecule has 2 aromatic carbocycles. The van der Waals surface area contributed by atoms with Crippen LogP contribution in [0.1, 0.15) is 31.5 Å². The van der Waals surface area contributed by atoms with E-state index in [1.807, 2.05) is 23.1 Å². The maximum Gasteiger partial charge on any atom is 0.227 e. The summed E-state index contributed by atoms with van der Waals surface area (Å²) in [6.07, 6.45) is 3.63. The normalized spacial score (nSPS) is 17.4. The van der Waals surface area contributed by atoms with Crippen molar-refractivity contribution in [1.29, 1.82) is 0 Å². The molecule has 1 saturated heterocycles. The minimum absolute atomic E-state index is 0.138. The number of carbonyl (C=O) groups is 1. The van der Waals surface area contributed by atoms with Crippen LogP contribution in [0, 0.1) is 0 Å². The molecule has 1 fully saturated rings. The summed E-state index contributed by atoms with van der Waals surface area (Å²) in [5, 5.41) is 0. The molecule has 26 heavy (non-hydrogen) atoms. The van der Waals surface area contributed by atoms with Gasteiger partial charge < -0.3 is 9.47 Å². The van der Waals surface area contributed by atoms with Crippen molar-refractivity contribution < 1.29 is 4.79 Å². The van der Waals surface area contributed by atoms with Gasteiger partial charge in [0.25, 0.3) is 0 Å². The fraction of sp³-hybridized carbons (Fsp3) is 0.333. The summed E-state index contributed by atoms with van der Waals surface area (Å²) < 4.78 is 2.30. The van der Waals surface area contributed by atoms with Crippen LogP contribution in [0.25, 0.3) is 11.0 Å². The number of para-hydroxylation sites is 2. The first kappa shape index (κ1) is 17.2. The third kappa shape index (κ3) is 3.01. The average molecular weight is 366 g/mol. The van der Waals surface area contributed by atoms with Gasteiger partial charge in [0.05, 0.1) is 11.0 Å². The third-order valence-corrected chi connectivity index (χ3v) is 5.71. The van der Waals surface area contributed by atoms with Crippen LogP contribution in [0.5, 0.6) is 0 Å². The van der Waals surface area contributed by atoms with E-state index >= 15 is 0 Å². The first-order valence-corrected chi connectivity index (χ1v) is 10.3. The number of benzene rings is 2. The fourth-order valence-electron chi connectivity index (χ4n) is 3.77. The average Bonchev–Trinajstić information content (AvgIpc) is 3.23. The second kappa shape index (κ2) is 7.16. The highest BCUT2D eigenvalue weighted by atomic mass is 32.2. The van der Waals surface area contributed by atoms with Gasteiger partial charge in [-0.1, -0.05) is 25.1 Å². The van der Waals surface area contributed by atoms with Gasteiger partial charge in [0.2, 0.25) is 5.91 Å². The largest absolute Gasteiger partial charge is 0.328 e. The summed E-state index contributed by atoms with van der Waals surface area (Å²) in [6, 6.07) is 16.5. The summed E-state index contributed by atoms with van der Waals surface area (Å²) in [6.45, 7) is 3.81. The van der Waals surface area contributed by atoms with Crippen LogP contribution in [0.2, 0.25) is 0 Å². The maximum absolute atomic E-state index is 12.7. The Labute approximate surface area is 158 Å². The first-order valence-electron chi connectivity index (χ1n) is 9.11. The van der Waals surface area contributed by atoms with Gasteiger partial charge in [0.15, 0.2) is 0 Å². The van der Waals surface area contributed by atoms with Gasteiger partial charge in [-0.25, -0.2) is 4.98 Å². The van der Waals surface area contributed by atoms with Crippen molar-refractivity contribution in [3.05, 3.63) is 54.4 Å². The standard InChI is InChI=1S/C21H23N3OS/c1-3-11-23-19-10-5-4-9-18(19)22-21(23)15-12-20(25)24(14-15)16-7-6-8-17(13-16)26-2/h4-10,13,15H,3,11-12,14H2,1-2H3. The molecule has 3 aromatic rings. The molecule has 0 N–H and O–H groups in total. The van der Waals surface area contributed by atoms with Crippen molar-refractivity contribution in [3.8, 4) is 0 Å². The molecule has 1 aliphatic heterocycles. The van der Waals surface area contributed by atoms with E-state index in [1.165, 1.54) is 10.4 Å². The molecule has 1 amide bonds. The molecule has 0 saturated carbocycles. The highest BCUT2D eigenvalue weighted by molar-refractivity contribution is 7.98. The number of imidazole rings is 1. The molecule has 0 aliphatic carbocycles. The lowest BCUT2D eigenvalue weighted by Gasteiger charge is -2.18. The Balaban J connectivity index is 1.68. The third-order valence-electron chi connectivity index (χ3n) is 4.99. The molecule has 1 aromatic heterocycles.